The van der Waals surface area contributed by atoms with Crippen LogP contribution in [0, 0.1) is 0 Å². The van der Waals surface area contributed by atoms with E-state index in [1.165, 1.54) is 24.1 Å². The van der Waals surface area contributed by atoms with Gasteiger partial charge in [-0.05, 0) is 53.9 Å². The lowest BCUT2D eigenvalue weighted by Gasteiger charge is -2.26. The number of hydrogen-bond acceptors (Lipinski definition) is 5. The van der Waals surface area contributed by atoms with E-state index in [1.54, 1.807) is 42.5 Å². The molecule has 4 rings (SSSR count). The molecule has 0 aliphatic carbocycles. The molecule has 0 saturated carbocycles. The molecule has 1 aliphatic heterocycles. The molecule has 3 aromatic carbocycles. The van der Waals surface area contributed by atoms with Gasteiger partial charge < -0.3 is 14.9 Å². The van der Waals surface area contributed by atoms with Crippen molar-refractivity contribution in [1.29, 1.82) is 0 Å². The molecule has 6 nitrogen and oxygen atoms in total. The van der Waals surface area contributed by atoms with Crippen molar-refractivity contribution in [2.24, 2.45) is 0 Å². The largest absolute Gasteiger partial charge is 0.507 e. The van der Waals surface area contributed by atoms with E-state index >= 15 is 0 Å². The molecule has 1 amide bonds. The first-order chi connectivity index (χ1) is 15.9. The zero-order valence-corrected chi connectivity index (χ0v) is 18.8. The summed E-state index contributed by atoms with van der Waals surface area (Å²) in [6, 6.07) is 17.5. The van der Waals surface area contributed by atoms with Gasteiger partial charge in [0.1, 0.15) is 17.3 Å². The number of aliphatic hydroxyl groups excluding tert-OH is 1. The molecular weight excluding hydrogens is 442 g/mol. The van der Waals surface area contributed by atoms with E-state index in [2.05, 4.69) is 0 Å². The number of amides is 1. The summed E-state index contributed by atoms with van der Waals surface area (Å²) in [5.74, 6) is -1.73. The molecule has 7 heteroatoms. The van der Waals surface area contributed by atoms with Crippen molar-refractivity contribution in [3.8, 4) is 11.5 Å². The number of para-hydroxylation sites is 1. The third-order valence-corrected chi connectivity index (χ3v) is 6.02. The first-order valence-corrected chi connectivity index (χ1v) is 10.8. The van der Waals surface area contributed by atoms with E-state index in [4.69, 9.17) is 16.3 Å². The quantitative estimate of drug-likeness (QED) is 0.307. The lowest BCUT2D eigenvalue weighted by atomic mass is 9.94. The van der Waals surface area contributed by atoms with E-state index < -0.39 is 17.7 Å². The Morgan fingerprint density at radius 3 is 2.39 bits per heavy atom. The highest BCUT2D eigenvalue weighted by molar-refractivity contribution is 6.51. The summed E-state index contributed by atoms with van der Waals surface area (Å²) in [7, 11) is 1.46. The van der Waals surface area contributed by atoms with Crippen LogP contribution in [0.25, 0.3) is 5.76 Å². The fraction of sp³-hybridized carbons (Fsp3) is 0.154. The van der Waals surface area contributed by atoms with Crippen LogP contribution in [0.3, 0.4) is 0 Å². The van der Waals surface area contributed by atoms with Crippen LogP contribution in [0.1, 0.15) is 29.7 Å². The van der Waals surface area contributed by atoms with Crippen molar-refractivity contribution >= 4 is 34.7 Å². The summed E-state index contributed by atoms with van der Waals surface area (Å²) in [5, 5.41) is 21.2. The average molecular weight is 464 g/mol. The van der Waals surface area contributed by atoms with Crippen molar-refractivity contribution in [2.75, 3.05) is 12.0 Å². The number of ketones is 1. The molecule has 1 unspecified atom stereocenters. The van der Waals surface area contributed by atoms with E-state index in [0.717, 1.165) is 12.0 Å². The van der Waals surface area contributed by atoms with Gasteiger partial charge in [-0.1, -0.05) is 48.9 Å². The maximum absolute atomic E-state index is 13.2. The SMILES string of the molecule is CCc1ccc(N2C(=O)C(=O)/C(=C(\O)c3ccccc3OC)C2c2ccc(O)c(Cl)c2)cc1. The van der Waals surface area contributed by atoms with E-state index in [-0.39, 0.29) is 27.7 Å². The van der Waals surface area contributed by atoms with Crippen molar-refractivity contribution in [3.05, 3.63) is 94.0 Å². The Kier molecular flexibility index (Phi) is 6.11. The predicted octanol–water partition coefficient (Wildman–Crippen LogP) is 5.24. The van der Waals surface area contributed by atoms with Crippen molar-refractivity contribution < 1.29 is 24.5 Å². The molecule has 0 radical (unpaired) electrons. The second kappa shape index (κ2) is 9.00. The first kappa shape index (κ1) is 22.4. The van der Waals surface area contributed by atoms with Crippen LogP contribution in [0.4, 0.5) is 5.69 Å². The van der Waals surface area contributed by atoms with Gasteiger partial charge >= 0.3 is 0 Å². The molecule has 33 heavy (non-hydrogen) atoms. The molecule has 1 aliphatic rings. The number of carbonyl (C=O) groups is 2. The van der Waals surface area contributed by atoms with Gasteiger partial charge in [-0.3, -0.25) is 14.5 Å². The zero-order chi connectivity index (χ0) is 23.7. The fourth-order valence-electron chi connectivity index (χ4n) is 3.99. The number of aliphatic hydroxyl groups is 1. The maximum Gasteiger partial charge on any atom is 0.300 e. The number of hydrogen-bond donors (Lipinski definition) is 2. The lowest BCUT2D eigenvalue weighted by molar-refractivity contribution is -0.132. The number of nitrogens with zero attached hydrogens (tertiary/aromatic N) is 1. The number of benzene rings is 3. The van der Waals surface area contributed by atoms with Crippen LogP contribution in [-0.2, 0) is 16.0 Å². The Labute approximate surface area is 196 Å². The summed E-state index contributed by atoms with van der Waals surface area (Å²) in [6.07, 6.45) is 0.823. The predicted molar refractivity (Wildman–Crippen MR) is 127 cm³/mol. The third-order valence-electron chi connectivity index (χ3n) is 5.72. The summed E-state index contributed by atoms with van der Waals surface area (Å²) >= 11 is 6.15. The van der Waals surface area contributed by atoms with Gasteiger partial charge in [0.05, 0.1) is 29.3 Å². The Bertz CT molecular complexity index is 1270. The Balaban J connectivity index is 1.97. The number of aryl methyl sites for hydroxylation is 1. The summed E-state index contributed by atoms with van der Waals surface area (Å²) in [4.78, 5) is 27.8. The van der Waals surface area contributed by atoms with Crippen LogP contribution < -0.4 is 9.64 Å². The van der Waals surface area contributed by atoms with E-state index in [1.807, 2.05) is 19.1 Å². The minimum Gasteiger partial charge on any atom is -0.507 e. The van der Waals surface area contributed by atoms with Crippen LogP contribution in [0.15, 0.2) is 72.3 Å². The standard InChI is InChI=1S/C26H22ClNO5/c1-3-15-8-11-17(12-9-15)28-23(16-10-13-20(29)19(27)14-16)22(25(31)26(28)32)24(30)18-6-4-5-7-21(18)33-2/h4-14,23,29-30H,3H2,1-2H3/b24-22-. The Hall–Kier alpha value is -3.77. The van der Waals surface area contributed by atoms with Crippen LogP contribution >= 0.6 is 11.6 Å². The maximum atomic E-state index is 13.2. The first-order valence-electron chi connectivity index (χ1n) is 10.4. The molecule has 1 heterocycles. The smallest absolute Gasteiger partial charge is 0.300 e. The molecule has 3 aromatic rings. The van der Waals surface area contributed by atoms with Crippen molar-refractivity contribution in [2.45, 2.75) is 19.4 Å². The molecule has 1 saturated heterocycles. The van der Waals surface area contributed by atoms with E-state index in [0.29, 0.717) is 17.0 Å². The van der Waals surface area contributed by atoms with Crippen LogP contribution in [0.2, 0.25) is 5.02 Å². The molecule has 1 fully saturated rings. The van der Waals surface area contributed by atoms with Crippen LogP contribution in [-0.4, -0.2) is 29.0 Å². The highest BCUT2D eigenvalue weighted by atomic mass is 35.5. The number of halogens is 1. The van der Waals surface area contributed by atoms with E-state index in [9.17, 15) is 19.8 Å². The number of carbonyl (C=O) groups excluding carboxylic acids is 2. The van der Waals surface area contributed by atoms with Gasteiger partial charge in [0.15, 0.2) is 0 Å². The summed E-state index contributed by atoms with van der Waals surface area (Å²) < 4.78 is 5.34. The minimum atomic E-state index is -0.958. The summed E-state index contributed by atoms with van der Waals surface area (Å²) in [5.41, 5.74) is 2.24. The number of phenols is 1. The number of Topliss-reactive ketones (excluding diaryl/α,β-unsaturated/α-hetero) is 1. The van der Waals surface area contributed by atoms with Gasteiger partial charge in [-0.2, -0.15) is 0 Å². The number of phenolic OH excluding ortho intramolecular Hbond substituents is 1. The number of rotatable bonds is 5. The van der Waals surface area contributed by atoms with Gasteiger partial charge in [-0.15, -0.1) is 0 Å². The highest BCUT2D eigenvalue weighted by Crippen LogP contribution is 2.44. The molecule has 168 valence electrons. The molecule has 0 spiro atoms. The second-order valence-electron chi connectivity index (χ2n) is 7.60. The summed E-state index contributed by atoms with van der Waals surface area (Å²) in [6.45, 7) is 2.02. The Morgan fingerprint density at radius 2 is 1.76 bits per heavy atom. The average Bonchev–Trinajstić information content (AvgIpc) is 3.10. The van der Waals surface area contributed by atoms with Gasteiger partial charge in [0, 0.05) is 5.69 Å². The third kappa shape index (κ3) is 3.94. The number of ether oxygens (including phenoxy) is 1. The molecular formula is C26H22ClNO5. The van der Waals surface area contributed by atoms with Crippen LogP contribution in [0.5, 0.6) is 11.5 Å². The molecule has 1 atom stereocenters. The van der Waals surface area contributed by atoms with Gasteiger partial charge in [0.25, 0.3) is 11.7 Å². The fourth-order valence-corrected chi connectivity index (χ4v) is 4.17. The monoisotopic (exact) mass is 463 g/mol. The normalized spacial score (nSPS) is 17.4. The highest BCUT2D eigenvalue weighted by Gasteiger charge is 2.47. The van der Waals surface area contributed by atoms with Crippen molar-refractivity contribution in [1.82, 2.24) is 0 Å². The zero-order valence-electron chi connectivity index (χ0n) is 18.1. The second-order valence-corrected chi connectivity index (χ2v) is 8.01. The molecule has 2 N–H and O–H groups in total. The minimum absolute atomic E-state index is 0.0664. The van der Waals surface area contributed by atoms with Crippen molar-refractivity contribution in [3.63, 3.8) is 0 Å². The number of methoxy groups -OCH3 is 1. The number of anilines is 1. The molecule has 0 aromatic heterocycles. The Morgan fingerprint density at radius 1 is 1.06 bits per heavy atom. The van der Waals surface area contributed by atoms with Gasteiger partial charge in [0.2, 0.25) is 0 Å². The number of aromatic hydroxyl groups is 1. The lowest BCUT2D eigenvalue weighted by Crippen LogP contribution is -2.29. The van der Waals surface area contributed by atoms with Gasteiger partial charge in [-0.25, -0.2) is 0 Å². The molecule has 0 bridgehead atoms. The topological polar surface area (TPSA) is 87.1 Å².